The number of benzene rings is 2. The molecule has 4 rings (SSSR count). The van der Waals surface area contributed by atoms with Gasteiger partial charge in [-0.25, -0.2) is 19.7 Å². The molecule has 36 heavy (non-hydrogen) atoms. The van der Waals surface area contributed by atoms with E-state index in [2.05, 4.69) is 15.0 Å². The first-order chi connectivity index (χ1) is 17.2. The van der Waals surface area contributed by atoms with E-state index in [-0.39, 0.29) is 17.2 Å². The van der Waals surface area contributed by atoms with Crippen LogP contribution in [0.4, 0.5) is 11.5 Å². The molecule has 0 saturated carbocycles. The lowest BCUT2D eigenvalue weighted by Crippen LogP contribution is -2.40. The molecule has 12 heteroatoms. The van der Waals surface area contributed by atoms with Gasteiger partial charge in [0, 0.05) is 17.2 Å². The number of carbonyl (C=O) groups is 1. The zero-order valence-electron chi connectivity index (χ0n) is 19.0. The van der Waals surface area contributed by atoms with Gasteiger partial charge in [0.05, 0.1) is 29.2 Å². The Morgan fingerprint density at radius 3 is 2.58 bits per heavy atom. The van der Waals surface area contributed by atoms with E-state index in [4.69, 9.17) is 26.3 Å². The number of H-pyrrole nitrogens is 1. The maximum absolute atomic E-state index is 12.8. The van der Waals surface area contributed by atoms with E-state index in [1.165, 1.54) is 24.2 Å². The molecule has 4 aromatic rings. The van der Waals surface area contributed by atoms with E-state index in [0.29, 0.717) is 33.4 Å². The lowest BCUT2D eigenvalue weighted by molar-refractivity contribution is -0.416. The van der Waals surface area contributed by atoms with E-state index in [1.54, 1.807) is 55.5 Å². The predicted molar refractivity (Wildman–Crippen MR) is 129 cm³/mol. The Morgan fingerprint density at radius 2 is 1.89 bits per heavy atom. The monoisotopic (exact) mass is 505 g/mol. The number of pyridine rings is 1. The molecule has 180 valence electrons. The molecule has 0 radical (unpaired) electrons. The fourth-order valence-electron chi connectivity index (χ4n) is 3.28. The molecule has 1 amide bonds. The van der Waals surface area contributed by atoms with Crippen molar-refractivity contribution in [1.82, 2.24) is 9.97 Å². The molecule has 2 heterocycles. The first kappa shape index (κ1) is 24.3. The van der Waals surface area contributed by atoms with Gasteiger partial charge in [0.2, 0.25) is 5.88 Å². The van der Waals surface area contributed by atoms with Crippen molar-refractivity contribution in [2.24, 2.45) is 0 Å². The number of hydrogen-bond donors (Lipinski definition) is 0. The number of amides is 1. The number of nitrogens with one attached hydrogen (secondary N) is 1. The van der Waals surface area contributed by atoms with Crippen LogP contribution in [0.2, 0.25) is 5.02 Å². The number of anilines is 1. The van der Waals surface area contributed by atoms with Crippen LogP contribution in [-0.4, -0.2) is 34.0 Å². The number of ether oxygens (including phenoxy) is 2. The third-order valence-corrected chi connectivity index (χ3v) is 5.33. The second-order valence-electron chi connectivity index (χ2n) is 7.54. The van der Waals surface area contributed by atoms with Crippen molar-refractivity contribution in [2.75, 3.05) is 11.9 Å². The second kappa shape index (κ2) is 10.2. The summed E-state index contributed by atoms with van der Waals surface area (Å²) in [6.07, 6.45) is 0.598. The number of nitro groups is 1. The Bertz CT molecular complexity index is 1510. The summed E-state index contributed by atoms with van der Waals surface area (Å²) in [4.78, 5) is 35.7. The van der Waals surface area contributed by atoms with Crippen molar-refractivity contribution in [2.45, 2.75) is 13.0 Å². The van der Waals surface area contributed by atoms with Crippen LogP contribution >= 0.6 is 11.6 Å². The maximum Gasteiger partial charge on any atom is 0.349 e. The zero-order valence-corrected chi connectivity index (χ0v) is 19.8. The van der Waals surface area contributed by atoms with Crippen molar-refractivity contribution in [3.63, 3.8) is 0 Å². The molecule has 2 aromatic heterocycles. The Morgan fingerprint density at radius 1 is 1.17 bits per heavy atom. The third kappa shape index (κ3) is 5.29. The molecule has 11 nitrogen and oxygen atoms in total. The maximum atomic E-state index is 12.8. The van der Waals surface area contributed by atoms with Gasteiger partial charge in [0.25, 0.3) is 11.5 Å². The minimum Gasteiger partial charge on any atom is -0.478 e. The number of halogens is 1. The number of aromatic nitrogens is 3. The van der Waals surface area contributed by atoms with Gasteiger partial charge in [0.1, 0.15) is 11.5 Å². The van der Waals surface area contributed by atoms with Gasteiger partial charge in [-0.3, -0.25) is 10.1 Å². The Labute approximate surface area is 209 Å². The highest BCUT2D eigenvalue weighted by Crippen LogP contribution is 2.25. The third-order valence-electron chi connectivity index (χ3n) is 5.10. The topological polar surface area (TPSA) is 146 Å². The number of likely N-dealkylation sites (N-methyl/N-ethyl adjacent to an activating group) is 1. The molecule has 1 unspecified atom stereocenters. The average Bonchev–Trinajstić information content (AvgIpc) is 2.88. The summed E-state index contributed by atoms with van der Waals surface area (Å²) >= 11 is 5.97. The minimum absolute atomic E-state index is 0.208. The van der Waals surface area contributed by atoms with Crippen molar-refractivity contribution in [3.05, 3.63) is 81.6 Å². The molecule has 0 spiro atoms. The highest BCUT2D eigenvalue weighted by Gasteiger charge is 2.29. The van der Waals surface area contributed by atoms with Crippen LogP contribution in [0, 0.1) is 21.4 Å². The van der Waals surface area contributed by atoms with E-state index in [9.17, 15) is 14.9 Å². The summed E-state index contributed by atoms with van der Waals surface area (Å²) in [5.41, 5.74) is 0.645. The van der Waals surface area contributed by atoms with E-state index < -0.39 is 16.9 Å². The average molecular weight is 506 g/mol. The van der Waals surface area contributed by atoms with Gasteiger partial charge < -0.3 is 9.47 Å². The van der Waals surface area contributed by atoms with Crippen LogP contribution in [0.1, 0.15) is 12.6 Å². The van der Waals surface area contributed by atoms with Gasteiger partial charge in [-0.05, 0) is 49.4 Å². The lowest BCUT2D eigenvalue weighted by Gasteiger charge is -2.16. The van der Waals surface area contributed by atoms with Gasteiger partial charge in [0.15, 0.2) is 12.2 Å². The lowest BCUT2D eigenvalue weighted by atomic mass is 10.2. The standard InChI is InChI=1S/C24H17ClN6O5/c1-14(24(32)30(2)22-10-9-21(31(33)34)20(12-26)28-22)35-16-4-6-17(7-5-16)36-23-13-27-19-11-15(25)3-8-18(19)29-23/h3-11,13-14H,1-2H3/p+1. The van der Waals surface area contributed by atoms with Crippen LogP contribution < -0.4 is 19.4 Å². The van der Waals surface area contributed by atoms with Crippen molar-refractivity contribution in [1.29, 1.82) is 5.26 Å². The SMILES string of the molecule is CC(Oc1ccc(Oc2cnc3cc(Cl)ccc3n2)cc1)C(=O)N(C)c1ccc([N+](=O)[O-])c(C#N)[nH+]1. The quantitative estimate of drug-likeness (QED) is 0.269. The Kier molecular flexibility index (Phi) is 6.89. The summed E-state index contributed by atoms with van der Waals surface area (Å²) in [5, 5.41) is 20.7. The van der Waals surface area contributed by atoms with E-state index in [1.807, 2.05) is 0 Å². The first-order valence-corrected chi connectivity index (χ1v) is 10.9. The number of hydrogen-bond acceptors (Lipinski definition) is 8. The summed E-state index contributed by atoms with van der Waals surface area (Å²) < 4.78 is 11.5. The van der Waals surface area contributed by atoms with Crippen molar-refractivity contribution >= 4 is 40.0 Å². The van der Waals surface area contributed by atoms with Crippen LogP contribution in [0.5, 0.6) is 17.4 Å². The number of carbonyl (C=O) groups excluding carboxylic acids is 1. The molecule has 0 aliphatic carbocycles. The molecule has 0 aliphatic heterocycles. The van der Waals surface area contributed by atoms with Crippen LogP contribution in [0.15, 0.2) is 60.8 Å². The normalized spacial score (nSPS) is 11.4. The smallest absolute Gasteiger partial charge is 0.349 e. The predicted octanol–water partition coefficient (Wildman–Crippen LogP) is 4.10. The fourth-order valence-corrected chi connectivity index (χ4v) is 3.44. The zero-order chi connectivity index (χ0) is 25.8. The van der Waals surface area contributed by atoms with Gasteiger partial charge in [-0.2, -0.15) is 10.2 Å². The summed E-state index contributed by atoms with van der Waals surface area (Å²) in [7, 11) is 1.47. The second-order valence-corrected chi connectivity index (χ2v) is 7.98. The van der Waals surface area contributed by atoms with E-state index in [0.717, 1.165) is 6.07 Å². The van der Waals surface area contributed by atoms with Crippen molar-refractivity contribution in [3.8, 4) is 23.4 Å². The molecule has 2 aromatic carbocycles. The summed E-state index contributed by atoms with van der Waals surface area (Å²) in [5.74, 6) is 0.988. The first-order valence-electron chi connectivity index (χ1n) is 10.5. The number of rotatable bonds is 7. The molecule has 0 aliphatic rings. The Balaban J connectivity index is 1.41. The number of aromatic amines is 1. The summed E-state index contributed by atoms with van der Waals surface area (Å²) in [6.45, 7) is 1.57. The number of nitrogens with zero attached hydrogens (tertiary/aromatic N) is 5. The molecule has 0 fully saturated rings. The molecule has 0 saturated heterocycles. The van der Waals surface area contributed by atoms with E-state index >= 15 is 0 Å². The molecular weight excluding hydrogens is 488 g/mol. The van der Waals surface area contributed by atoms with Crippen LogP contribution in [0.3, 0.4) is 0 Å². The number of fused-ring (bicyclic) bond motifs is 1. The summed E-state index contributed by atoms with van der Waals surface area (Å²) in [6, 6.07) is 16.0. The molecular formula is C24H18ClN6O5+. The van der Waals surface area contributed by atoms with Gasteiger partial charge in [-0.1, -0.05) is 11.6 Å². The largest absolute Gasteiger partial charge is 0.478 e. The van der Waals surface area contributed by atoms with Gasteiger partial charge >= 0.3 is 11.6 Å². The van der Waals surface area contributed by atoms with Gasteiger partial charge in [-0.15, -0.1) is 0 Å². The molecule has 1 atom stereocenters. The highest BCUT2D eigenvalue weighted by atomic mass is 35.5. The highest BCUT2D eigenvalue weighted by molar-refractivity contribution is 6.31. The van der Waals surface area contributed by atoms with Crippen molar-refractivity contribution < 1.29 is 24.2 Å². The molecule has 0 bridgehead atoms. The van der Waals surface area contributed by atoms with Crippen LogP contribution in [-0.2, 0) is 4.79 Å². The fraction of sp³-hybridized carbons (Fsp3) is 0.125. The Hall–Kier alpha value is -4.82. The van der Waals surface area contributed by atoms with Crippen LogP contribution in [0.25, 0.3) is 11.0 Å². The minimum atomic E-state index is -0.894. The molecule has 1 N–H and O–H groups in total. The number of nitriles is 1.